The van der Waals surface area contributed by atoms with E-state index in [0.29, 0.717) is 18.0 Å². The van der Waals surface area contributed by atoms with Crippen LogP contribution in [0.4, 0.5) is 5.69 Å². The lowest BCUT2D eigenvalue weighted by Crippen LogP contribution is -2.05. The Hall–Kier alpha value is -2.50. The predicted octanol–water partition coefficient (Wildman–Crippen LogP) is 2.36. The van der Waals surface area contributed by atoms with Crippen LogP contribution in [0.3, 0.4) is 0 Å². The molecule has 1 heterocycles. The first-order valence-electron chi connectivity index (χ1n) is 6.58. The molecule has 6 nitrogen and oxygen atoms in total. The van der Waals surface area contributed by atoms with Crippen LogP contribution in [0.25, 0.3) is 0 Å². The summed E-state index contributed by atoms with van der Waals surface area (Å²) in [5.41, 5.74) is 4.00. The molecule has 21 heavy (non-hydrogen) atoms. The highest BCUT2D eigenvalue weighted by Gasteiger charge is 2.12. The molecule has 1 aromatic carbocycles. The van der Waals surface area contributed by atoms with Gasteiger partial charge in [0.15, 0.2) is 0 Å². The fraction of sp³-hybridized carbons (Fsp3) is 0.333. The van der Waals surface area contributed by atoms with Crippen molar-refractivity contribution in [2.24, 2.45) is 7.05 Å². The number of aryl methyl sites for hydroxylation is 2. The summed E-state index contributed by atoms with van der Waals surface area (Å²) in [4.78, 5) is 11.1. The van der Waals surface area contributed by atoms with Gasteiger partial charge in [0.25, 0.3) is 0 Å². The van der Waals surface area contributed by atoms with E-state index in [1.807, 2.05) is 25.6 Å². The summed E-state index contributed by atoms with van der Waals surface area (Å²) in [5.74, 6) is -0.353. The van der Waals surface area contributed by atoms with Crippen LogP contribution < -0.4 is 10.1 Å². The SMILES string of the molecule is COc1ccc(C(=O)O)cc1NCc1c(C)nn(C)c1C. The third-order valence-electron chi connectivity index (χ3n) is 3.56. The molecule has 1 aromatic heterocycles. The molecule has 0 radical (unpaired) electrons. The zero-order valence-corrected chi connectivity index (χ0v) is 12.6. The Balaban J connectivity index is 2.26. The normalized spacial score (nSPS) is 10.5. The molecule has 0 atom stereocenters. The van der Waals surface area contributed by atoms with E-state index in [4.69, 9.17) is 9.84 Å². The minimum Gasteiger partial charge on any atom is -0.495 e. The molecule has 0 spiro atoms. The molecular formula is C15H19N3O3. The molecule has 0 bridgehead atoms. The zero-order valence-electron chi connectivity index (χ0n) is 12.6. The lowest BCUT2D eigenvalue weighted by molar-refractivity contribution is 0.0697. The number of carboxylic acids is 1. The van der Waals surface area contributed by atoms with Crippen molar-refractivity contribution in [3.8, 4) is 5.75 Å². The van der Waals surface area contributed by atoms with Crippen molar-refractivity contribution in [3.63, 3.8) is 0 Å². The van der Waals surface area contributed by atoms with E-state index in [0.717, 1.165) is 17.0 Å². The summed E-state index contributed by atoms with van der Waals surface area (Å²) < 4.78 is 7.09. The number of benzene rings is 1. The van der Waals surface area contributed by atoms with Crippen LogP contribution in [0.2, 0.25) is 0 Å². The smallest absolute Gasteiger partial charge is 0.335 e. The van der Waals surface area contributed by atoms with Crippen LogP contribution in [-0.4, -0.2) is 28.0 Å². The topological polar surface area (TPSA) is 76.4 Å². The number of aromatic nitrogens is 2. The van der Waals surface area contributed by atoms with Gasteiger partial charge in [-0.3, -0.25) is 4.68 Å². The molecule has 0 saturated carbocycles. The monoisotopic (exact) mass is 289 g/mol. The molecule has 6 heteroatoms. The van der Waals surface area contributed by atoms with E-state index >= 15 is 0 Å². The van der Waals surface area contributed by atoms with E-state index in [-0.39, 0.29) is 5.56 Å². The molecule has 0 fully saturated rings. The molecule has 0 aliphatic rings. The number of aromatic carboxylic acids is 1. The van der Waals surface area contributed by atoms with Crippen LogP contribution in [0, 0.1) is 13.8 Å². The second-order valence-electron chi connectivity index (χ2n) is 4.85. The van der Waals surface area contributed by atoms with Gasteiger partial charge < -0.3 is 15.2 Å². The molecule has 2 aromatic rings. The van der Waals surface area contributed by atoms with Crippen LogP contribution >= 0.6 is 0 Å². The number of hydrogen-bond donors (Lipinski definition) is 2. The molecule has 112 valence electrons. The van der Waals surface area contributed by atoms with E-state index in [9.17, 15) is 4.79 Å². The van der Waals surface area contributed by atoms with Crippen LogP contribution in [-0.2, 0) is 13.6 Å². The number of carboxylic acid groups (broad SMARTS) is 1. The molecule has 0 aliphatic heterocycles. The minimum atomic E-state index is -0.963. The largest absolute Gasteiger partial charge is 0.495 e. The van der Waals surface area contributed by atoms with Gasteiger partial charge in [0, 0.05) is 24.8 Å². The fourth-order valence-corrected chi connectivity index (χ4v) is 2.24. The minimum absolute atomic E-state index is 0.220. The third kappa shape index (κ3) is 2.99. The number of nitrogens with one attached hydrogen (secondary N) is 1. The second kappa shape index (κ2) is 5.87. The molecule has 0 unspecified atom stereocenters. The van der Waals surface area contributed by atoms with Gasteiger partial charge in [0.2, 0.25) is 0 Å². The number of hydrogen-bond acceptors (Lipinski definition) is 4. The van der Waals surface area contributed by atoms with E-state index in [1.54, 1.807) is 19.2 Å². The van der Waals surface area contributed by atoms with Gasteiger partial charge in [0.05, 0.1) is 24.1 Å². The molecule has 2 rings (SSSR count). The van der Waals surface area contributed by atoms with Gasteiger partial charge in [-0.1, -0.05) is 0 Å². The molecule has 0 amide bonds. The maximum Gasteiger partial charge on any atom is 0.335 e. The number of nitrogens with zero attached hydrogens (tertiary/aromatic N) is 2. The van der Waals surface area contributed by atoms with Crippen molar-refractivity contribution in [1.29, 1.82) is 0 Å². The summed E-state index contributed by atoms with van der Waals surface area (Å²) in [5, 5.41) is 16.7. The summed E-state index contributed by atoms with van der Waals surface area (Å²) in [6.07, 6.45) is 0. The molecular weight excluding hydrogens is 270 g/mol. The van der Waals surface area contributed by atoms with Gasteiger partial charge in [-0.05, 0) is 32.0 Å². The average Bonchev–Trinajstić information content (AvgIpc) is 2.69. The Kier molecular flexibility index (Phi) is 4.16. The number of rotatable bonds is 5. The van der Waals surface area contributed by atoms with E-state index in [1.165, 1.54) is 6.07 Å². The van der Waals surface area contributed by atoms with Crippen molar-refractivity contribution in [1.82, 2.24) is 9.78 Å². The molecule has 2 N–H and O–H groups in total. The van der Waals surface area contributed by atoms with Gasteiger partial charge in [-0.2, -0.15) is 5.10 Å². The van der Waals surface area contributed by atoms with Crippen molar-refractivity contribution < 1.29 is 14.6 Å². The first kappa shape index (κ1) is 14.9. The second-order valence-corrected chi connectivity index (χ2v) is 4.85. The highest BCUT2D eigenvalue weighted by molar-refractivity contribution is 5.89. The van der Waals surface area contributed by atoms with Gasteiger partial charge in [0.1, 0.15) is 5.75 Å². The van der Waals surface area contributed by atoms with Crippen molar-refractivity contribution in [2.45, 2.75) is 20.4 Å². The van der Waals surface area contributed by atoms with Gasteiger partial charge in [-0.15, -0.1) is 0 Å². The summed E-state index contributed by atoms with van der Waals surface area (Å²) in [7, 11) is 3.46. The van der Waals surface area contributed by atoms with Crippen LogP contribution in [0.5, 0.6) is 5.75 Å². The Bertz CT molecular complexity index is 677. The number of ether oxygens (including phenoxy) is 1. The Labute approximate surface area is 123 Å². The first-order valence-corrected chi connectivity index (χ1v) is 6.58. The number of carbonyl (C=O) groups is 1. The summed E-state index contributed by atoms with van der Waals surface area (Å²) in [6.45, 7) is 4.52. The van der Waals surface area contributed by atoms with Crippen molar-refractivity contribution in [2.75, 3.05) is 12.4 Å². The van der Waals surface area contributed by atoms with Crippen molar-refractivity contribution >= 4 is 11.7 Å². The molecule has 0 aliphatic carbocycles. The van der Waals surface area contributed by atoms with Crippen LogP contribution in [0.1, 0.15) is 27.3 Å². The van der Waals surface area contributed by atoms with Crippen molar-refractivity contribution in [3.05, 3.63) is 40.7 Å². The maximum absolute atomic E-state index is 11.1. The number of methoxy groups -OCH3 is 1. The predicted molar refractivity (Wildman–Crippen MR) is 80.0 cm³/mol. The van der Waals surface area contributed by atoms with E-state index in [2.05, 4.69) is 10.4 Å². The lowest BCUT2D eigenvalue weighted by Gasteiger charge is -2.12. The maximum atomic E-state index is 11.1. The number of anilines is 1. The Morgan fingerprint density at radius 3 is 2.67 bits per heavy atom. The first-order chi connectivity index (χ1) is 9.93. The highest BCUT2D eigenvalue weighted by atomic mass is 16.5. The van der Waals surface area contributed by atoms with Gasteiger partial charge in [-0.25, -0.2) is 4.79 Å². The zero-order chi connectivity index (χ0) is 15.6. The standard InChI is InChI=1S/C15H19N3O3/c1-9-12(10(2)18(3)17-9)8-16-13-7-11(15(19)20)5-6-14(13)21-4/h5-7,16H,8H2,1-4H3,(H,19,20). The third-order valence-corrected chi connectivity index (χ3v) is 3.56. The van der Waals surface area contributed by atoms with Gasteiger partial charge >= 0.3 is 5.97 Å². The molecule has 0 saturated heterocycles. The van der Waals surface area contributed by atoms with Crippen LogP contribution in [0.15, 0.2) is 18.2 Å². The Morgan fingerprint density at radius 1 is 1.43 bits per heavy atom. The fourth-order valence-electron chi connectivity index (χ4n) is 2.24. The summed E-state index contributed by atoms with van der Waals surface area (Å²) >= 11 is 0. The summed E-state index contributed by atoms with van der Waals surface area (Å²) in [6, 6.07) is 4.74. The highest BCUT2D eigenvalue weighted by Crippen LogP contribution is 2.26. The quantitative estimate of drug-likeness (QED) is 0.883. The average molecular weight is 289 g/mol. The van der Waals surface area contributed by atoms with E-state index < -0.39 is 5.97 Å². The Morgan fingerprint density at radius 2 is 2.14 bits per heavy atom. The lowest BCUT2D eigenvalue weighted by atomic mass is 10.1.